The van der Waals surface area contributed by atoms with Crippen molar-refractivity contribution >= 4 is 17.9 Å². The number of rotatable bonds is 1. The molecule has 2 aliphatic heterocycles. The van der Waals surface area contributed by atoms with Crippen LogP contribution in [-0.4, -0.2) is 48.2 Å². The normalized spacial score (nSPS) is 25.4. The summed E-state index contributed by atoms with van der Waals surface area (Å²) in [6.45, 7) is -2.23. The van der Waals surface area contributed by atoms with Gasteiger partial charge in [0.05, 0.1) is 11.2 Å². The summed E-state index contributed by atoms with van der Waals surface area (Å²) >= 11 is 0. The fourth-order valence-electron chi connectivity index (χ4n) is 4.41. The maximum atomic E-state index is 12.0. The summed E-state index contributed by atoms with van der Waals surface area (Å²) in [5.74, 6) is 0. The van der Waals surface area contributed by atoms with Gasteiger partial charge < -0.3 is 14.4 Å². The molecule has 1 fully saturated rings. The number of nitrogens with zero attached hydrogens (tertiary/aromatic N) is 3. The van der Waals surface area contributed by atoms with E-state index in [0.29, 0.717) is 29.2 Å². The molecule has 1 spiro atoms. The monoisotopic (exact) mass is 382 g/mol. The van der Waals surface area contributed by atoms with E-state index >= 15 is 0 Å². The Morgan fingerprint density at radius 1 is 1.18 bits per heavy atom. The number of amides is 2. The van der Waals surface area contributed by atoms with Crippen LogP contribution in [0.1, 0.15) is 27.2 Å². The van der Waals surface area contributed by atoms with E-state index in [1.807, 2.05) is 18.3 Å². The van der Waals surface area contributed by atoms with Crippen LogP contribution in [0.2, 0.25) is 0 Å². The molecule has 2 amide bonds. The van der Waals surface area contributed by atoms with E-state index in [0.717, 1.165) is 35.1 Å². The minimum absolute atomic E-state index is 0.0182. The highest BCUT2D eigenvalue weighted by molar-refractivity contribution is 5.90. The largest absolute Gasteiger partial charge is 0.447 e. The first-order chi connectivity index (χ1) is 14.7. The average Bonchev–Trinajstić information content (AvgIpc) is 3.00. The van der Waals surface area contributed by atoms with Crippen molar-refractivity contribution in [1.29, 1.82) is 0 Å². The molecule has 0 N–H and O–H groups in total. The summed E-state index contributed by atoms with van der Waals surface area (Å²) in [7, 11) is 1.78. The van der Waals surface area contributed by atoms with Crippen LogP contribution in [0.25, 0.3) is 11.1 Å². The van der Waals surface area contributed by atoms with E-state index in [9.17, 15) is 9.59 Å². The Hall–Kier alpha value is -3.09. The van der Waals surface area contributed by atoms with Crippen molar-refractivity contribution in [2.24, 2.45) is 0 Å². The van der Waals surface area contributed by atoms with Gasteiger partial charge in [-0.3, -0.25) is 9.88 Å². The maximum absolute atomic E-state index is 12.0. The quantitative estimate of drug-likeness (QED) is 0.758. The smallest absolute Gasteiger partial charge is 0.414 e. The van der Waals surface area contributed by atoms with E-state index in [1.54, 1.807) is 24.2 Å². The van der Waals surface area contributed by atoms with Crippen LogP contribution in [0.15, 0.2) is 30.6 Å². The molecule has 1 atom stereocenters. The van der Waals surface area contributed by atoms with Crippen LogP contribution in [0.3, 0.4) is 0 Å². The third-order valence-electron chi connectivity index (χ3n) is 6.12. The van der Waals surface area contributed by atoms with Gasteiger partial charge in [-0.25, -0.2) is 9.59 Å². The SMILES string of the molecule is [2H]C([2H])([2H])N1C(=O)OCc2cc(-c3cncc4c3CC[C@]3(COC(=O)N3C)C4)ccc21. The van der Waals surface area contributed by atoms with Gasteiger partial charge in [0, 0.05) is 48.1 Å². The predicted molar refractivity (Wildman–Crippen MR) is 102 cm³/mol. The highest BCUT2D eigenvalue weighted by atomic mass is 16.6. The summed E-state index contributed by atoms with van der Waals surface area (Å²) in [6.07, 6.45) is 4.69. The van der Waals surface area contributed by atoms with Gasteiger partial charge in [0.1, 0.15) is 13.2 Å². The van der Waals surface area contributed by atoms with Crippen molar-refractivity contribution in [1.82, 2.24) is 9.88 Å². The summed E-state index contributed by atoms with van der Waals surface area (Å²) in [5, 5.41) is 0. The fourth-order valence-corrected chi connectivity index (χ4v) is 4.41. The zero-order valence-corrected chi connectivity index (χ0v) is 15.4. The second kappa shape index (κ2) is 5.95. The van der Waals surface area contributed by atoms with Crippen molar-refractivity contribution in [2.75, 3.05) is 25.5 Å². The minimum Gasteiger partial charge on any atom is -0.447 e. The van der Waals surface area contributed by atoms with Crippen LogP contribution in [0, 0.1) is 0 Å². The number of carbonyl (C=O) groups is 2. The molecule has 3 aliphatic rings. The highest BCUT2D eigenvalue weighted by Gasteiger charge is 2.47. The molecule has 1 saturated heterocycles. The number of anilines is 1. The molecule has 2 aromatic rings. The number of pyridine rings is 1. The first-order valence-corrected chi connectivity index (χ1v) is 9.16. The first-order valence-electron chi connectivity index (χ1n) is 10.7. The second-order valence-electron chi connectivity index (χ2n) is 7.57. The summed E-state index contributed by atoms with van der Waals surface area (Å²) in [6, 6.07) is 5.32. The number of fused-ring (bicyclic) bond motifs is 2. The summed E-state index contributed by atoms with van der Waals surface area (Å²) in [4.78, 5) is 30.8. The Bertz CT molecular complexity index is 1100. The molecule has 5 rings (SSSR count). The first kappa shape index (κ1) is 14.0. The molecule has 0 unspecified atom stereocenters. The Morgan fingerprint density at radius 2 is 2.07 bits per heavy atom. The van der Waals surface area contributed by atoms with Crippen molar-refractivity contribution in [3.8, 4) is 11.1 Å². The molecular weight excluding hydrogens is 358 g/mol. The molecule has 3 heterocycles. The van der Waals surface area contributed by atoms with E-state index in [2.05, 4.69) is 4.98 Å². The van der Waals surface area contributed by atoms with E-state index in [1.165, 1.54) is 0 Å². The van der Waals surface area contributed by atoms with Gasteiger partial charge in [0.25, 0.3) is 0 Å². The zero-order valence-electron chi connectivity index (χ0n) is 18.4. The van der Waals surface area contributed by atoms with Crippen molar-refractivity contribution in [3.63, 3.8) is 0 Å². The van der Waals surface area contributed by atoms with Crippen LogP contribution >= 0.6 is 0 Å². The van der Waals surface area contributed by atoms with E-state index in [4.69, 9.17) is 13.6 Å². The summed E-state index contributed by atoms with van der Waals surface area (Å²) in [5.41, 5.74) is 4.70. The number of aromatic nitrogens is 1. The van der Waals surface area contributed by atoms with Crippen LogP contribution in [0.5, 0.6) is 0 Å². The van der Waals surface area contributed by atoms with Crippen LogP contribution in [0.4, 0.5) is 15.3 Å². The van der Waals surface area contributed by atoms with E-state index in [-0.39, 0.29) is 18.2 Å². The molecule has 7 nitrogen and oxygen atoms in total. The van der Waals surface area contributed by atoms with Gasteiger partial charge in [0.2, 0.25) is 0 Å². The molecule has 28 heavy (non-hydrogen) atoms. The average molecular weight is 382 g/mol. The van der Waals surface area contributed by atoms with Gasteiger partial charge in [-0.2, -0.15) is 0 Å². The standard InChI is InChI=1S/C21H21N3O4/c1-23-18-4-3-13(7-14(18)11-27-19(23)25)17-10-22-9-15-8-21(6-5-16(15)17)12-28-20(26)24(21)2/h3-4,7,9-10H,5-6,8,11-12H2,1-2H3/t21-/m1/s1/i1D3. The Balaban J connectivity index is 1.52. The molecule has 7 heteroatoms. The number of hydrogen-bond acceptors (Lipinski definition) is 5. The number of carbonyl (C=O) groups excluding carboxylic acids is 2. The Morgan fingerprint density at radius 3 is 2.86 bits per heavy atom. The molecular formula is C21H21N3O4. The zero-order chi connectivity index (χ0) is 22.0. The Labute approximate surface area is 167 Å². The Kier molecular flexibility index (Phi) is 2.97. The molecule has 0 radical (unpaired) electrons. The third kappa shape index (κ3) is 2.38. The number of cyclic esters (lactones) is 2. The lowest BCUT2D eigenvalue weighted by Crippen LogP contribution is -2.49. The van der Waals surface area contributed by atoms with Gasteiger partial charge in [0.15, 0.2) is 0 Å². The molecule has 0 saturated carbocycles. The molecule has 1 aliphatic carbocycles. The predicted octanol–water partition coefficient (Wildman–Crippen LogP) is 3.14. The van der Waals surface area contributed by atoms with Gasteiger partial charge in [-0.1, -0.05) is 6.07 Å². The lowest BCUT2D eigenvalue weighted by atomic mass is 9.76. The molecule has 144 valence electrons. The number of likely N-dealkylation sites (N-methyl/N-ethyl adjacent to an activating group) is 1. The summed E-state index contributed by atoms with van der Waals surface area (Å²) < 4.78 is 33.3. The number of hydrogen-bond donors (Lipinski definition) is 0. The molecule has 1 aromatic heterocycles. The number of benzene rings is 1. The topological polar surface area (TPSA) is 72.0 Å². The van der Waals surface area contributed by atoms with Crippen molar-refractivity contribution in [3.05, 3.63) is 47.3 Å². The highest BCUT2D eigenvalue weighted by Crippen LogP contribution is 2.40. The van der Waals surface area contributed by atoms with E-state index < -0.39 is 13.1 Å². The second-order valence-corrected chi connectivity index (χ2v) is 7.57. The lowest BCUT2D eigenvalue weighted by Gasteiger charge is -2.38. The van der Waals surface area contributed by atoms with Crippen LogP contribution < -0.4 is 4.90 Å². The molecule has 0 bridgehead atoms. The fraction of sp³-hybridized carbons (Fsp3) is 0.381. The minimum atomic E-state index is -2.62. The van der Waals surface area contributed by atoms with Gasteiger partial charge in [-0.15, -0.1) is 0 Å². The number of ether oxygens (including phenoxy) is 2. The van der Waals surface area contributed by atoms with Crippen molar-refractivity contribution < 1.29 is 23.2 Å². The third-order valence-corrected chi connectivity index (χ3v) is 6.12. The van der Waals surface area contributed by atoms with Gasteiger partial charge >= 0.3 is 12.2 Å². The molecule has 1 aromatic carbocycles. The van der Waals surface area contributed by atoms with Gasteiger partial charge in [-0.05, 0) is 41.7 Å². The van der Waals surface area contributed by atoms with Crippen molar-refractivity contribution in [2.45, 2.75) is 31.4 Å². The van der Waals surface area contributed by atoms with Crippen LogP contribution in [-0.2, 0) is 28.9 Å². The lowest BCUT2D eigenvalue weighted by molar-refractivity contribution is 0.143. The maximum Gasteiger partial charge on any atom is 0.414 e.